The molecule has 0 amide bonds. The number of hydrogen-bond donors (Lipinski definition) is 8. The second kappa shape index (κ2) is 19.3. The Bertz CT molecular complexity index is 374. The number of aliphatic carboxylic acids is 2. The van der Waals surface area contributed by atoms with Crippen LogP contribution in [0.5, 0.6) is 0 Å². The minimum atomic E-state index is -1.14. The topological polar surface area (TPSA) is 288 Å². The van der Waals surface area contributed by atoms with Gasteiger partial charge >= 0.3 is 20.4 Å². The van der Waals surface area contributed by atoms with Gasteiger partial charge in [-0.2, -0.15) is 0 Å². The third-order valence-electron chi connectivity index (χ3n) is 4.23. The van der Waals surface area contributed by atoms with Crippen molar-refractivity contribution in [3.05, 3.63) is 0 Å². The van der Waals surface area contributed by atoms with Gasteiger partial charge < -0.3 is 65.7 Å². The zero-order valence-electron chi connectivity index (χ0n) is 16.7. The van der Waals surface area contributed by atoms with Crippen LogP contribution in [0, 0.1) is 11.8 Å². The van der Waals surface area contributed by atoms with Crippen LogP contribution in [0.1, 0.15) is 25.7 Å². The molecule has 176 valence electrons. The van der Waals surface area contributed by atoms with E-state index in [0.717, 1.165) is 0 Å². The molecule has 0 aliphatic carbocycles. The summed E-state index contributed by atoms with van der Waals surface area (Å²) in [5.74, 6) is -3.60. The van der Waals surface area contributed by atoms with E-state index in [1.165, 1.54) is 0 Å². The van der Waals surface area contributed by atoms with Gasteiger partial charge in [0.1, 0.15) is 0 Å². The Morgan fingerprint density at radius 2 is 0.724 bits per heavy atom. The normalized spacial score (nSPS) is 16.8. The molecule has 0 saturated carbocycles. The summed E-state index contributed by atoms with van der Waals surface area (Å²) in [4.78, 5) is 21.4. The minimum Gasteiger partial charge on any atom is -0.550 e. The van der Waals surface area contributed by atoms with Crippen molar-refractivity contribution in [2.45, 2.75) is 49.9 Å². The summed E-state index contributed by atoms with van der Waals surface area (Å²) in [5, 5.41) is 21.4. The molecule has 0 fully saturated rings. The number of hydrogen-bond acceptors (Lipinski definition) is 12. The molecule has 0 aromatic carbocycles. The number of carboxylic acid groups (broad SMARTS) is 2. The van der Waals surface area contributed by atoms with Crippen LogP contribution < -0.4 is 56.1 Å². The minimum absolute atomic E-state index is 0. The van der Waals surface area contributed by atoms with Crippen LogP contribution in [0.15, 0.2) is 0 Å². The average Bonchev–Trinajstić information content (AvgIpc) is 2.66. The van der Waals surface area contributed by atoms with E-state index in [-0.39, 0.29) is 96.5 Å². The van der Waals surface area contributed by atoms with E-state index < -0.39 is 23.8 Å². The zero-order chi connectivity index (χ0) is 22.3. The van der Waals surface area contributed by atoms with Gasteiger partial charge in [-0.05, 0) is 25.7 Å². The Balaban J connectivity index is -0.000000451. The van der Waals surface area contributed by atoms with E-state index >= 15 is 0 Å². The smallest absolute Gasteiger partial charge is 0.550 e. The third kappa shape index (κ3) is 17.8. The molecular formula is C16H38N8O4Pd. The van der Waals surface area contributed by atoms with Gasteiger partial charge in [-0.3, -0.25) is 0 Å². The quantitative estimate of drug-likeness (QED) is 0.101. The van der Waals surface area contributed by atoms with E-state index in [2.05, 4.69) is 0 Å². The molecule has 0 aromatic rings. The van der Waals surface area contributed by atoms with Gasteiger partial charge in [-0.1, -0.05) is 0 Å². The first-order valence-electron chi connectivity index (χ1n) is 9.26. The molecule has 0 bridgehead atoms. The molecule has 0 radical (unpaired) electrons. The monoisotopic (exact) mass is 512 g/mol. The van der Waals surface area contributed by atoms with Crippen molar-refractivity contribution in [2.75, 3.05) is 26.2 Å². The van der Waals surface area contributed by atoms with Gasteiger partial charge in [0.25, 0.3) is 0 Å². The summed E-state index contributed by atoms with van der Waals surface area (Å²) in [6, 6.07) is -1.32. The van der Waals surface area contributed by atoms with Crippen LogP contribution >= 0.6 is 0 Å². The molecule has 4 atom stereocenters. The summed E-state index contributed by atoms with van der Waals surface area (Å²) in [6.45, 7) is 1.01. The van der Waals surface area contributed by atoms with Crippen molar-refractivity contribution < 1.29 is 40.2 Å². The Morgan fingerprint density at radius 1 is 0.552 bits per heavy atom. The predicted octanol–water partition coefficient (Wildman–Crippen LogP) is -6.59. The third-order valence-corrected chi connectivity index (χ3v) is 4.23. The maximum atomic E-state index is 10.7. The first-order valence-corrected chi connectivity index (χ1v) is 9.26. The molecule has 0 rings (SSSR count). The van der Waals surface area contributed by atoms with Crippen molar-refractivity contribution >= 4 is 11.9 Å². The van der Waals surface area contributed by atoms with E-state index in [0.29, 0.717) is 0 Å². The standard InChI is InChI=1S/2C8H20N4O2.Pd/c2*9-3-6(11)1-5(8(13)14)2-7(12)4-10;/h2*5-7H,1-4,9-12H2,(H,13,14);/q;;+2/p-2. The molecule has 12 nitrogen and oxygen atoms in total. The SMILES string of the molecule is NCC(N)CC(CC(N)CN)C(=O)[O-].NCC(N)CC(CC(N)CN)C(=O)[O-].[Pd+2]. The van der Waals surface area contributed by atoms with Crippen molar-refractivity contribution in [2.24, 2.45) is 57.7 Å². The van der Waals surface area contributed by atoms with Crippen molar-refractivity contribution in [3.63, 3.8) is 0 Å². The maximum Gasteiger partial charge on any atom is 2.00 e. The summed E-state index contributed by atoms with van der Waals surface area (Å²) in [6.07, 6.45) is 1.14. The fraction of sp³-hybridized carbons (Fsp3) is 0.875. The van der Waals surface area contributed by atoms with Gasteiger partial charge in [-0.15, -0.1) is 0 Å². The number of carbonyl (C=O) groups excluding carboxylic acids is 2. The number of nitrogens with two attached hydrogens (primary N) is 8. The van der Waals surface area contributed by atoms with Gasteiger partial charge in [0.05, 0.1) is 0 Å². The fourth-order valence-corrected chi connectivity index (χ4v) is 2.42. The number of carbonyl (C=O) groups is 2. The van der Waals surface area contributed by atoms with Crippen molar-refractivity contribution in [1.29, 1.82) is 0 Å². The summed E-state index contributed by atoms with van der Waals surface area (Å²) >= 11 is 0. The molecule has 0 spiro atoms. The van der Waals surface area contributed by atoms with E-state index in [4.69, 9.17) is 45.9 Å². The van der Waals surface area contributed by atoms with Gasteiger partial charge in [0.2, 0.25) is 0 Å². The van der Waals surface area contributed by atoms with Gasteiger partial charge in [-0.25, -0.2) is 0 Å². The van der Waals surface area contributed by atoms with Crippen molar-refractivity contribution in [1.82, 2.24) is 0 Å². The number of carboxylic acids is 2. The average molecular weight is 513 g/mol. The Kier molecular flexibility index (Phi) is 21.9. The second-order valence-corrected chi connectivity index (χ2v) is 6.96. The Labute approximate surface area is 186 Å². The summed E-state index contributed by atoms with van der Waals surface area (Å²) < 4.78 is 0. The van der Waals surface area contributed by atoms with Crippen LogP contribution in [-0.4, -0.2) is 62.3 Å². The molecular weight excluding hydrogens is 475 g/mol. The van der Waals surface area contributed by atoms with Gasteiger partial charge in [0.15, 0.2) is 0 Å². The molecule has 29 heavy (non-hydrogen) atoms. The molecule has 0 aliphatic rings. The first kappa shape index (κ1) is 32.9. The molecule has 0 aliphatic heterocycles. The second-order valence-electron chi connectivity index (χ2n) is 6.96. The molecule has 13 heteroatoms. The zero-order valence-corrected chi connectivity index (χ0v) is 18.2. The molecule has 4 unspecified atom stereocenters. The molecule has 0 saturated heterocycles. The van der Waals surface area contributed by atoms with Crippen LogP contribution in [0.2, 0.25) is 0 Å². The van der Waals surface area contributed by atoms with E-state index in [1.54, 1.807) is 0 Å². The predicted molar refractivity (Wildman–Crippen MR) is 104 cm³/mol. The summed E-state index contributed by atoms with van der Waals surface area (Å²) in [5.41, 5.74) is 43.3. The first-order chi connectivity index (χ1) is 13.0. The maximum absolute atomic E-state index is 10.7. The van der Waals surface area contributed by atoms with Crippen LogP contribution in [0.3, 0.4) is 0 Å². The Hall–Kier alpha value is -0.718. The number of rotatable bonds is 14. The molecule has 0 aromatic heterocycles. The molecule has 16 N–H and O–H groups in total. The fourth-order valence-electron chi connectivity index (χ4n) is 2.42. The van der Waals surface area contributed by atoms with Crippen LogP contribution in [0.4, 0.5) is 0 Å². The van der Waals surface area contributed by atoms with E-state index in [1.807, 2.05) is 0 Å². The largest absolute Gasteiger partial charge is 2.00 e. The summed E-state index contributed by atoms with van der Waals surface area (Å²) in [7, 11) is 0. The molecule has 0 heterocycles. The van der Waals surface area contributed by atoms with Gasteiger partial charge in [0, 0.05) is 74.1 Å². The van der Waals surface area contributed by atoms with E-state index in [9.17, 15) is 19.8 Å². The Morgan fingerprint density at radius 3 is 0.828 bits per heavy atom. The van der Waals surface area contributed by atoms with Crippen molar-refractivity contribution in [3.8, 4) is 0 Å². The van der Waals surface area contributed by atoms with Crippen LogP contribution in [-0.2, 0) is 30.0 Å². The van der Waals surface area contributed by atoms with Crippen LogP contribution in [0.25, 0.3) is 0 Å².